The molecular formula is C20H28N2O5S2. The lowest BCUT2D eigenvalue weighted by molar-refractivity contribution is 0.0499. The van der Waals surface area contributed by atoms with Crippen molar-refractivity contribution in [2.45, 2.75) is 52.2 Å². The van der Waals surface area contributed by atoms with Crippen LogP contribution in [0.5, 0.6) is 0 Å². The van der Waals surface area contributed by atoms with Crippen LogP contribution in [0, 0.1) is 6.92 Å². The molecule has 0 unspecified atom stereocenters. The Bertz CT molecular complexity index is 915. The zero-order chi connectivity index (χ0) is 21.7. The minimum absolute atomic E-state index is 0.0590. The van der Waals surface area contributed by atoms with Gasteiger partial charge in [0.05, 0.1) is 35.0 Å². The van der Waals surface area contributed by atoms with Gasteiger partial charge in [-0.15, -0.1) is 11.3 Å². The van der Waals surface area contributed by atoms with Gasteiger partial charge in [0.2, 0.25) is 0 Å². The minimum Gasteiger partial charge on any atom is -0.444 e. The molecule has 0 saturated carbocycles. The van der Waals surface area contributed by atoms with Crippen molar-refractivity contribution in [3.8, 4) is 10.4 Å². The number of carbonyl (C=O) groups is 1. The van der Waals surface area contributed by atoms with Gasteiger partial charge in [-0.05, 0) is 51.7 Å². The van der Waals surface area contributed by atoms with Crippen LogP contribution < -0.4 is 5.32 Å². The highest BCUT2D eigenvalue weighted by Crippen LogP contribution is 2.29. The van der Waals surface area contributed by atoms with E-state index in [1.807, 2.05) is 36.7 Å². The molecule has 0 spiro atoms. The Morgan fingerprint density at radius 3 is 2.41 bits per heavy atom. The lowest BCUT2D eigenvalue weighted by Gasteiger charge is -2.24. The summed E-state index contributed by atoms with van der Waals surface area (Å²) in [6, 6.07) is 7.56. The number of thiazole rings is 1. The van der Waals surface area contributed by atoms with Gasteiger partial charge in [0.1, 0.15) is 5.60 Å². The first-order valence-electron chi connectivity index (χ1n) is 9.29. The van der Waals surface area contributed by atoms with Gasteiger partial charge in [-0.1, -0.05) is 24.3 Å². The Labute approximate surface area is 176 Å². The van der Waals surface area contributed by atoms with Gasteiger partial charge in [-0.3, -0.25) is 4.18 Å². The van der Waals surface area contributed by atoms with Crippen LogP contribution in [0.25, 0.3) is 10.4 Å². The highest BCUT2D eigenvalue weighted by Gasteiger charge is 2.21. The number of carbonyl (C=O) groups excluding carboxylic acids is 1. The largest absolute Gasteiger partial charge is 0.444 e. The van der Waals surface area contributed by atoms with E-state index in [0.717, 1.165) is 28.0 Å². The van der Waals surface area contributed by atoms with Gasteiger partial charge in [-0.25, -0.2) is 9.78 Å². The summed E-state index contributed by atoms with van der Waals surface area (Å²) in [4.78, 5) is 17.6. The summed E-state index contributed by atoms with van der Waals surface area (Å²) in [5, 5.41) is 2.88. The fourth-order valence-electron chi connectivity index (χ4n) is 2.72. The predicted octanol–water partition coefficient (Wildman–Crippen LogP) is 4.44. The van der Waals surface area contributed by atoms with Crippen LogP contribution in [-0.4, -0.2) is 38.0 Å². The summed E-state index contributed by atoms with van der Waals surface area (Å²) in [5.41, 5.74) is 4.14. The molecule has 0 aliphatic carbocycles. The third kappa shape index (κ3) is 8.12. The molecule has 0 aliphatic heterocycles. The number of benzene rings is 1. The first-order valence-corrected chi connectivity index (χ1v) is 12.0. The van der Waals surface area contributed by atoms with Gasteiger partial charge in [0.25, 0.3) is 10.1 Å². The number of nitrogens with zero attached hydrogens (tertiary/aromatic N) is 1. The van der Waals surface area contributed by atoms with Gasteiger partial charge in [0.15, 0.2) is 0 Å². The molecule has 0 fully saturated rings. The Kier molecular flexibility index (Phi) is 7.79. The van der Waals surface area contributed by atoms with E-state index in [4.69, 9.17) is 8.92 Å². The fourth-order valence-corrected chi connectivity index (χ4v) is 3.95. The molecule has 0 aliphatic rings. The van der Waals surface area contributed by atoms with Crippen LogP contribution >= 0.6 is 11.3 Å². The maximum atomic E-state index is 12.3. The highest BCUT2D eigenvalue weighted by molar-refractivity contribution is 7.85. The van der Waals surface area contributed by atoms with Gasteiger partial charge < -0.3 is 10.1 Å². The van der Waals surface area contributed by atoms with E-state index in [-0.39, 0.29) is 12.6 Å². The van der Waals surface area contributed by atoms with Crippen molar-refractivity contribution in [1.29, 1.82) is 0 Å². The summed E-state index contributed by atoms with van der Waals surface area (Å²) in [5.74, 6) is 0. The second-order valence-corrected chi connectivity index (χ2v) is 10.3. The molecule has 1 amide bonds. The predicted molar refractivity (Wildman–Crippen MR) is 114 cm³/mol. The molecule has 2 aromatic rings. The molecule has 29 heavy (non-hydrogen) atoms. The Balaban J connectivity index is 2.12. The normalized spacial score (nSPS) is 13.1. The average molecular weight is 441 g/mol. The third-order valence-electron chi connectivity index (χ3n) is 3.95. The van der Waals surface area contributed by atoms with E-state index in [1.165, 1.54) is 0 Å². The average Bonchev–Trinajstić information content (AvgIpc) is 3.01. The minimum atomic E-state index is -3.49. The Morgan fingerprint density at radius 1 is 1.24 bits per heavy atom. The maximum Gasteiger partial charge on any atom is 0.408 e. The second-order valence-electron chi connectivity index (χ2n) is 7.76. The number of amides is 1. The van der Waals surface area contributed by atoms with E-state index in [0.29, 0.717) is 12.8 Å². The quantitative estimate of drug-likeness (QED) is 0.482. The summed E-state index contributed by atoms with van der Waals surface area (Å²) in [6.07, 6.45) is 1.47. The molecule has 0 saturated heterocycles. The van der Waals surface area contributed by atoms with Crippen molar-refractivity contribution >= 4 is 27.5 Å². The molecule has 1 atom stereocenters. The van der Waals surface area contributed by atoms with Crippen LogP contribution in [0.2, 0.25) is 0 Å². The molecular weight excluding hydrogens is 412 g/mol. The monoisotopic (exact) mass is 440 g/mol. The van der Waals surface area contributed by atoms with Crippen LogP contribution in [0.3, 0.4) is 0 Å². The summed E-state index contributed by atoms with van der Waals surface area (Å²) in [6.45, 7) is 7.42. The SMILES string of the molecule is Cc1ncsc1-c1ccc([C@H](CCCOS(C)(=O)=O)NC(=O)OC(C)(C)C)cc1. The molecule has 7 nitrogen and oxygen atoms in total. The smallest absolute Gasteiger partial charge is 0.408 e. The summed E-state index contributed by atoms with van der Waals surface area (Å²) >= 11 is 1.58. The number of aryl methyl sites for hydroxylation is 1. The van der Waals surface area contributed by atoms with Gasteiger partial charge in [0, 0.05) is 0 Å². The van der Waals surface area contributed by atoms with E-state index in [9.17, 15) is 13.2 Å². The second kappa shape index (κ2) is 9.69. The zero-order valence-corrected chi connectivity index (χ0v) is 19.0. The number of nitrogens with one attached hydrogen (secondary N) is 1. The number of hydrogen-bond acceptors (Lipinski definition) is 7. The zero-order valence-electron chi connectivity index (χ0n) is 17.4. The molecule has 160 valence electrons. The number of hydrogen-bond donors (Lipinski definition) is 1. The van der Waals surface area contributed by atoms with Crippen molar-refractivity contribution < 1.29 is 22.1 Å². The standard InChI is InChI=1S/C20H28N2O5S2/c1-14-18(28-13-21-14)16-10-8-15(9-11-16)17(7-6-12-26-29(5,24)25)22-19(23)27-20(2,3)4/h8-11,13,17H,6-7,12H2,1-5H3,(H,22,23)/t17-/m0/s1. The van der Waals surface area contributed by atoms with E-state index in [2.05, 4.69) is 10.3 Å². The van der Waals surface area contributed by atoms with Crippen molar-refractivity contribution in [1.82, 2.24) is 10.3 Å². The summed E-state index contributed by atoms with van der Waals surface area (Å²) < 4.78 is 32.5. The van der Waals surface area contributed by atoms with Crippen molar-refractivity contribution in [3.63, 3.8) is 0 Å². The number of rotatable bonds is 8. The lowest BCUT2D eigenvalue weighted by Crippen LogP contribution is -2.35. The van der Waals surface area contributed by atoms with Crippen molar-refractivity contribution in [3.05, 3.63) is 41.0 Å². The molecule has 1 aromatic carbocycles. The molecule has 1 heterocycles. The van der Waals surface area contributed by atoms with Crippen molar-refractivity contribution in [2.75, 3.05) is 12.9 Å². The molecule has 0 radical (unpaired) electrons. The highest BCUT2D eigenvalue weighted by atomic mass is 32.2. The number of alkyl carbamates (subject to hydrolysis) is 1. The number of aromatic nitrogens is 1. The maximum absolute atomic E-state index is 12.3. The van der Waals surface area contributed by atoms with Gasteiger partial charge >= 0.3 is 6.09 Å². The lowest BCUT2D eigenvalue weighted by atomic mass is 10.00. The topological polar surface area (TPSA) is 94.6 Å². The van der Waals surface area contributed by atoms with Crippen molar-refractivity contribution in [2.24, 2.45) is 0 Å². The summed E-state index contributed by atoms with van der Waals surface area (Å²) in [7, 11) is -3.49. The van der Waals surface area contributed by atoms with Crippen LogP contribution in [-0.2, 0) is 19.0 Å². The van der Waals surface area contributed by atoms with Crippen LogP contribution in [0.1, 0.15) is 50.9 Å². The molecule has 1 N–H and O–H groups in total. The first-order chi connectivity index (χ1) is 13.4. The molecule has 2 rings (SSSR count). The van der Waals surface area contributed by atoms with E-state index in [1.54, 1.807) is 32.1 Å². The first kappa shape index (κ1) is 23.3. The van der Waals surface area contributed by atoms with E-state index < -0.39 is 21.8 Å². The molecule has 0 bridgehead atoms. The van der Waals surface area contributed by atoms with Gasteiger partial charge in [-0.2, -0.15) is 8.42 Å². The van der Waals surface area contributed by atoms with Crippen LogP contribution in [0.15, 0.2) is 29.8 Å². The number of ether oxygens (including phenoxy) is 1. The molecule has 9 heteroatoms. The fraction of sp³-hybridized carbons (Fsp3) is 0.500. The molecule has 1 aromatic heterocycles. The Hall–Kier alpha value is -1.97. The van der Waals surface area contributed by atoms with E-state index >= 15 is 0 Å². The third-order valence-corrected chi connectivity index (χ3v) is 5.52. The van der Waals surface area contributed by atoms with Crippen LogP contribution in [0.4, 0.5) is 4.79 Å². The Morgan fingerprint density at radius 2 is 1.90 bits per heavy atom.